The number of fused-ring (bicyclic) bond motifs is 1. The van der Waals surface area contributed by atoms with E-state index in [1.165, 1.54) is 11.8 Å². The van der Waals surface area contributed by atoms with E-state index >= 15 is 0 Å². The van der Waals surface area contributed by atoms with Gasteiger partial charge in [0.2, 0.25) is 5.91 Å². The van der Waals surface area contributed by atoms with Crippen molar-refractivity contribution in [3.05, 3.63) is 23.8 Å². The molecule has 1 aliphatic rings. The van der Waals surface area contributed by atoms with Crippen LogP contribution < -0.4 is 5.32 Å². The van der Waals surface area contributed by atoms with Gasteiger partial charge in [0.1, 0.15) is 0 Å². The monoisotopic (exact) mass is 301 g/mol. The SMILES string of the molecule is CC(Br)C(O)c1ccc2c(c1)NC(=O)CS2. The predicted octanol–water partition coefficient (Wildman–Crippen LogP) is 2.55. The number of rotatable bonds is 2. The predicted molar refractivity (Wildman–Crippen MR) is 69.1 cm³/mol. The van der Waals surface area contributed by atoms with Crippen molar-refractivity contribution in [2.24, 2.45) is 0 Å². The molecule has 0 aliphatic carbocycles. The fourth-order valence-corrected chi connectivity index (χ4v) is 2.64. The molecule has 2 N–H and O–H groups in total. The summed E-state index contributed by atoms with van der Waals surface area (Å²) < 4.78 is 0. The minimum absolute atomic E-state index is 0.0102. The number of amides is 1. The van der Waals surface area contributed by atoms with Gasteiger partial charge in [0.05, 0.1) is 17.5 Å². The number of anilines is 1. The molecule has 0 bridgehead atoms. The average molecular weight is 302 g/mol. The van der Waals surface area contributed by atoms with Crippen LogP contribution in [0.2, 0.25) is 0 Å². The van der Waals surface area contributed by atoms with Gasteiger partial charge >= 0.3 is 0 Å². The van der Waals surface area contributed by atoms with Gasteiger partial charge in [-0.3, -0.25) is 4.79 Å². The molecule has 0 fully saturated rings. The van der Waals surface area contributed by atoms with Crippen molar-refractivity contribution in [1.82, 2.24) is 0 Å². The zero-order valence-corrected chi connectivity index (χ0v) is 11.1. The van der Waals surface area contributed by atoms with E-state index in [2.05, 4.69) is 21.2 Å². The molecule has 5 heteroatoms. The summed E-state index contributed by atoms with van der Waals surface area (Å²) in [6.07, 6.45) is -0.561. The van der Waals surface area contributed by atoms with E-state index in [0.717, 1.165) is 16.1 Å². The van der Waals surface area contributed by atoms with Gasteiger partial charge in [-0.05, 0) is 24.6 Å². The van der Waals surface area contributed by atoms with Gasteiger partial charge < -0.3 is 10.4 Å². The van der Waals surface area contributed by atoms with Crippen LogP contribution in [0.5, 0.6) is 0 Å². The van der Waals surface area contributed by atoms with Gasteiger partial charge in [-0.2, -0.15) is 0 Å². The summed E-state index contributed by atoms with van der Waals surface area (Å²) >= 11 is 4.86. The standard InChI is InChI=1S/C11H12BrNO2S/c1-6(12)11(15)7-2-3-9-8(4-7)13-10(14)5-16-9/h2-4,6,11,15H,5H2,1H3,(H,13,14). The number of benzene rings is 1. The van der Waals surface area contributed by atoms with Crippen molar-refractivity contribution in [2.75, 3.05) is 11.1 Å². The van der Waals surface area contributed by atoms with E-state index in [1.807, 2.05) is 25.1 Å². The highest BCUT2D eigenvalue weighted by molar-refractivity contribution is 9.09. The van der Waals surface area contributed by atoms with Gasteiger partial charge in [0.25, 0.3) is 0 Å². The van der Waals surface area contributed by atoms with E-state index in [-0.39, 0.29) is 10.7 Å². The Balaban J connectivity index is 2.31. The Labute approximate surface area is 107 Å². The Kier molecular flexibility index (Phi) is 3.56. The molecule has 0 radical (unpaired) electrons. The molecule has 0 saturated carbocycles. The van der Waals surface area contributed by atoms with Crippen LogP contribution in [-0.2, 0) is 4.79 Å². The first-order valence-electron chi connectivity index (χ1n) is 4.96. The van der Waals surface area contributed by atoms with Crippen LogP contribution in [0.3, 0.4) is 0 Å². The first-order chi connectivity index (χ1) is 7.58. The highest BCUT2D eigenvalue weighted by Crippen LogP contribution is 2.34. The van der Waals surface area contributed by atoms with E-state index in [4.69, 9.17) is 0 Å². The molecule has 1 aromatic carbocycles. The highest BCUT2D eigenvalue weighted by Gasteiger charge is 2.19. The number of carbonyl (C=O) groups excluding carboxylic acids is 1. The third-order valence-corrected chi connectivity index (χ3v) is 3.99. The highest BCUT2D eigenvalue weighted by atomic mass is 79.9. The molecule has 3 nitrogen and oxygen atoms in total. The van der Waals surface area contributed by atoms with Gasteiger partial charge in [-0.15, -0.1) is 11.8 Å². The molecular weight excluding hydrogens is 290 g/mol. The van der Waals surface area contributed by atoms with Gasteiger partial charge in [0, 0.05) is 9.72 Å². The third kappa shape index (κ3) is 2.42. The Morgan fingerprint density at radius 1 is 1.56 bits per heavy atom. The summed E-state index contributed by atoms with van der Waals surface area (Å²) in [4.78, 5) is 12.3. The van der Waals surface area contributed by atoms with Crippen molar-refractivity contribution >= 4 is 39.3 Å². The van der Waals surface area contributed by atoms with Gasteiger partial charge in [0.15, 0.2) is 0 Å². The summed E-state index contributed by atoms with van der Waals surface area (Å²) in [5.74, 6) is 0.472. The summed E-state index contributed by atoms with van der Waals surface area (Å²) in [5.41, 5.74) is 1.61. The Bertz CT molecular complexity index is 422. The van der Waals surface area contributed by atoms with Crippen molar-refractivity contribution in [1.29, 1.82) is 0 Å². The molecule has 0 saturated heterocycles. The van der Waals surface area contributed by atoms with Crippen LogP contribution in [0, 0.1) is 0 Å². The number of carbonyl (C=O) groups is 1. The van der Waals surface area contributed by atoms with Crippen molar-refractivity contribution in [2.45, 2.75) is 22.8 Å². The van der Waals surface area contributed by atoms with Crippen LogP contribution in [0.4, 0.5) is 5.69 Å². The van der Waals surface area contributed by atoms with E-state index in [9.17, 15) is 9.90 Å². The zero-order chi connectivity index (χ0) is 11.7. The fraction of sp³-hybridized carbons (Fsp3) is 0.364. The number of hydrogen-bond donors (Lipinski definition) is 2. The van der Waals surface area contributed by atoms with Crippen molar-refractivity contribution in [3.8, 4) is 0 Å². The Morgan fingerprint density at radius 3 is 3.00 bits per heavy atom. The average Bonchev–Trinajstić information content (AvgIpc) is 2.26. The Morgan fingerprint density at radius 2 is 2.31 bits per heavy atom. The van der Waals surface area contributed by atoms with Crippen molar-refractivity contribution in [3.63, 3.8) is 0 Å². The number of hydrogen-bond acceptors (Lipinski definition) is 3. The normalized spacial score (nSPS) is 18.6. The number of halogens is 1. The van der Waals surface area contributed by atoms with E-state index in [1.54, 1.807) is 0 Å². The van der Waals surface area contributed by atoms with Gasteiger partial charge in [-0.1, -0.05) is 22.0 Å². The second kappa shape index (κ2) is 4.77. The molecule has 2 atom stereocenters. The number of aliphatic hydroxyl groups is 1. The lowest BCUT2D eigenvalue weighted by atomic mass is 10.1. The largest absolute Gasteiger partial charge is 0.387 e. The zero-order valence-electron chi connectivity index (χ0n) is 8.74. The number of thioether (sulfide) groups is 1. The summed E-state index contributed by atoms with van der Waals surface area (Å²) in [5, 5.41) is 12.7. The third-order valence-electron chi connectivity index (χ3n) is 2.41. The lowest BCUT2D eigenvalue weighted by Gasteiger charge is -2.19. The summed E-state index contributed by atoms with van der Waals surface area (Å²) in [6, 6.07) is 5.67. The first-order valence-corrected chi connectivity index (χ1v) is 6.87. The smallest absolute Gasteiger partial charge is 0.234 e. The van der Waals surface area contributed by atoms with Crippen LogP contribution >= 0.6 is 27.7 Å². The number of alkyl halides is 1. The minimum atomic E-state index is -0.561. The molecule has 0 aromatic heterocycles. The molecule has 16 heavy (non-hydrogen) atoms. The maximum atomic E-state index is 11.2. The second-order valence-corrected chi connectivity index (χ2v) is 6.18. The molecule has 86 valence electrons. The molecule has 2 rings (SSSR count). The molecule has 2 unspecified atom stereocenters. The fourth-order valence-electron chi connectivity index (χ4n) is 1.55. The molecule has 1 amide bonds. The molecule has 1 heterocycles. The van der Waals surface area contributed by atoms with E-state index < -0.39 is 6.10 Å². The lowest BCUT2D eigenvalue weighted by molar-refractivity contribution is -0.113. The van der Waals surface area contributed by atoms with Crippen molar-refractivity contribution < 1.29 is 9.90 Å². The van der Waals surface area contributed by atoms with Gasteiger partial charge in [-0.25, -0.2) is 0 Å². The molecule has 1 aromatic rings. The molecular formula is C11H12BrNO2S. The molecule has 1 aliphatic heterocycles. The Hall–Kier alpha value is -0.520. The summed E-state index contributed by atoms with van der Waals surface area (Å²) in [6.45, 7) is 1.89. The number of nitrogens with one attached hydrogen (secondary N) is 1. The maximum Gasteiger partial charge on any atom is 0.234 e. The summed E-state index contributed by atoms with van der Waals surface area (Å²) in [7, 11) is 0. The lowest BCUT2D eigenvalue weighted by Crippen LogP contribution is -2.19. The van der Waals surface area contributed by atoms with Crippen LogP contribution in [0.25, 0.3) is 0 Å². The minimum Gasteiger partial charge on any atom is -0.387 e. The maximum absolute atomic E-state index is 11.2. The van der Waals surface area contributed by atoms with Crippen LogP contribution in [-0.4, -0.2) is 21.6 Å². The van der Waals surface area contributed by atoms with E-state index in [0.29, 0.717) is 5.75 Å². The topological polar surface area (TPSA) is 49.3 Å². The molecule has 0 spiro atoms. The first kappa shape index (κ1) is 12.0. The second-order valence-electron chi connectivity index (χ2n) is 3.71. The van der Waals surface area contributed by atoms with Crippen LogP contribution in [0.1, 0.15) is 18.6 Å². The quantitative estimate of drug-likeness (QED) is 0.826. The number of aliphatic hydroxyl groups excluding tert-OH is 1. The van der Waals surface area contributed by atoms with Crippen LogP contribution in [0.15, 0.2) is 23.1 Å².